The van der Waals surface area contributed by atoms with Gasteiger partial charge in [0.2, 0.25) is 0 Å². The van der Waals surface area contributed by atoms with Crippen molar-refractivity contribution in [3.63, 3.8) is 0 Å². The first-order valence-electron chi connectivity index (χ1n) is 3.68. The Hall–Kier alpha value is -1.03. The van der Waals surface area contributed by atoms with Gasteiger partial charge in [-0.2, -0.15) is 0 Å². The highest BCUT2D eigenvalue weighted by Gasteiger charge is 2.10. The molecule has 0 heterocycles. The number of esters is 1. The molecule has 0 aromatic heterocycles. The topological polar surface area (TPSA) is 46.5 Å². The number of rotatable bonds is 2. The molecule has 1 aromatic rings. The number of methoxy groups -OCH3 is 1. The molecule has 0 aliphatic rings. The Balaban J connectivity index is 2.93. The molecule has 0 amide bonds. The minimum absolute atomic E-state index is 0.0732. The Kier molecular flexibility index (Phi) is 3.31. The quantitative estimate of drug-likeness (QED) is 0.809. The highest BCUT2D eigenvalue weighted by molar-refractivity contribution is 9.10. The third-order valence-corrected chi connectivity index (χ3v) is 2.39. The van der Waals surface area contributed by atoms with Crippen LogP contribution < -0.4 is 0 Å². The van der Waals surface area contributed by atoms with Crippen LogP contribution in [0.15, 0.2) is 22.7 Å². The van der Waals surface area contributed by atoms with Gasteiger partial charge in [-0.1, -0.05) is 22.0 Å². The van der Waals surface area contributed by atoms with Crippen LogP contribution in [0.5, 0.6) is 5.75 Å². The third kappa shape index (κ3) is 2.45. The van der Waals surface area contributed by atoms with Crippen LogP contribution in [0.2, 0.25) is 0 Å². The normalized spacial score (nSPS) is 9.69. The van der Waals surface area contributed by atoms with Crippen LogP contribution in [0.25, 0.3) is 0 Å². The smallest absolute Gasteiger partial charge is 0.310 e. The van der Waals surface area contributed by atoms with Crippen molar-refractivity contribution in [1.29, 1.82) is 0 Å². The first-order chi connectivity index (χ1) is 6.15. The molecular formula is C9H9BrO3. The molecule has 0 unspecified atom stereocenters. The van der Waals surface area contributed by atoms with Crippen LogP contribution in [-0.4, -0.2) is 18.2 Å². The molecule has 0 aliphatic carbocycles. The molecule has 0 bridgehead atoms. The zero-order valence-corrected chi connectivity index (χ0v) is 8.67. The van der Waals surface area contributed by atoms with Crippen LogP contribution in [0.4, 0.5) is 0 Å². The van der Waals surface area contributed by atoms with E-state index in [2.05, 4.69) is 20.7 Å². The van der Waals surface area contributed by atoms with Gasteiger partial charge in [0.25, 0.3) is 0 Å². The van der Waals surface area contributed by atoms with Crippen LogP contribution >= 0.6 is 15.9 Å². The Morgan fingerprint density at radius 3 is 2.85 bits per heavy atom. The first kappa shape index (κ1) is 10.1. The lowest BCUT2D eigenvalue weighted by molar-refractivity contribution is -0.139. The van der Waals surface area contributed by atoms with Crippen molar-refractivity contribution in [3.8, 4) is 5.75 Å². The van der Waals surface area contributed by atoms with Crippen molar-refractivity contribution in [3.05, 3.63) is 28.2 Å². The van der Waals surface area contributed by atoms with E-state index < -0.39 is 0 Å². The van der Waals surface area contributed by atoms with Gasteiger partial charge in [0.1, 0.15) is 5.75 Å². The number of hydrogen-bond donors (Lipinski definition) is 1. The summed E-state index contributed by atoms with van der Waals surface area (Å²) in [5.74, 6) is -0.276. The second-order valence-electron chi connectivity index (χ2n) is 2.49. The van der Waals surface area contributed by atoms with Crippen LogP contribution in [0.1, 0.15) is 5.56 Å². The largest absolute Gasteiger partial charge is 0.508 e. The highest BCUT2D eigenvalue weighted by atomic mass is 79.9. The van der Waals surface area contributed by atoms with Crippen LogP contribution in [-0.2, 0) is 16.0 Å². The number of carbonyl (C=O) groups excluding carboxylic acids is 1. The summed E-state index contributed by atoms with van der Waals surface area (Å²) in [5, 5.41) is 9.40. The molecule has 1 aromatic carbocycles. The maximum Gasteiger partial charge on any atom is 0.310 e. The molecule has 1 rings (SSSR count). The van der Waals surface area contributed by atoms with Crippen LogP contribution in [0.3, 0.4) is 0 Å². The van der Waals surface area contributed by atoms with E-state index in [1.165, 1.54) is 13.2 Å². The molecule has 0 radical (unpaired) electrons. The maximum atomic E-state index is 10.9. The molecule has 70 valence electrons. The van der Waals surface area contributed by atoms with E-state index in [1.54, 1.807) is 12.1 Å². The van der Waals surface area contributed by atoms with Gasteiger partial charge in [-0.25, -0.2) is 0 Å². The summed E-state index contributed by atoms with van der Waals surface area (Å²) in [7, 11) is 1.32. The minimum Gasteiger partial charge on any atom is -0.508 e. The molecule has 0 spiro atoms. The third-order valence-electron chi connectivity index (χ3n) is 1.64. The van der Waals surface area contributed by atoms with Gasteiger partial charge < -0.3 is 9.84 Å². The summed E-state index contributed by atoms with van der Waals surface area (Å²) in [6.07, 6.45) is 0.0732. The lowest BCUT2D eigenvalue weighted by Crippen LogP contribution is -2.05. The summed E-state index contributed by atoms with van der Waals surface area (Å²) in [6, 6.07) is 4.99. The average molecular weight is 245 g/mol. The zero-order valence-electron chi connectivity index (χ0n) is 7.08. The predicted octanol–water partition coefficient (Wildman–Crippen LogP) is 1.87. The molecule has 4 heteroatoms. The van der Waals surface area contributed by atoms with Gasteiger partial charge in [0.15, 0.2) is 0 Å². The summed E-state index contributed by atoms with van der Waals surface area (Å²) >= 11 is 3.24. The fourth-order valence-electron chi connectivity index (χ4n) is 0.939. The Bertz CT molecular complexity index is 302. The van der Waals surface area contributed by atoms with E-state index in [-0.39, 0.29) is 18.1 Å². The molecule has 0 atom stereocenters. The SMILES string of the molecule is COC(=O)Cc1c(O)cccc1Br. The Morgan fingerprint density at radius 1 is 1.62 bits per heavy atom. The van der Waals surface area contributed by atoms with Gasteiger partial charge in [0, 0.05) is 10.0 Å². The van der Waals surface area contributed by atoms with E-state index in [0.717, 1.165) is 0 Å². The molecule has 0 fully saturated rings. The summed E-state index contributed by atoms with van der Waals surface area (Å²) in [5.41, 5.74) is 0.550. The van der Waals surface area contributed by atoms with E-state index in [0.29, 0.717) is 10.0 Å². The maximum absolute atomic E-state index is 10.9. The number of phenols is 1. The molecule has 1 N–H and O–H groups in total. The van der Waals surface area contributed by atoms with E-state index in [1.807, 2.05) is 0 Å². The molecule has 0 saturated heterocycles. The van der Waals surface area contributed by atoms with Crippen molar-refractivity contribution in [1.82, 2.24) is 0 Å². The zero-order chi connectivity index (χ0) is 9.84. The molecule has 13 heavy (non-hydrogen) atoms. The number of phenolic OH excluding ortho intramolecular Hbond substituents is 1. The van der Waals surface area contributed by atoms with Crippen LogP contribution in [0, 0.1) is 0 Å². The predicted molar refractivity (Wildman–Crippen MR) is 51.5 cm³/mol. The van der Waals surface area contributed by atoms with Crippen molar-refractivity contribution < 1.29 is 14.6 Å². The van der Waals surface area contributed by atoms with Gasteiger partial charge in [-0.15, -0.1) is 0 Å². The molecule has 0 saturated carbocycles. The van der Waals surface area contributed by atoms with Crippen molar-refractivity contribution in [2.75, 3.05) is 7.11 Å². The van der Waals surface area contributed by atoms with Crippen molar-refractivity contribution in [2.24, 2.45) is 0 Å². The average Bonchev–Trinajstić information content (AvgIpc) is 2.11. The number of benzene rings is 1. The number of ether oxygens (including phenoxy) is 1. The number of halogens is 1. The van der Waals surface area contributed by atoms with E-state index in [4.69, 9.17) is 0 Å². The second-order valence-corrected chi connectivity index (χ2v) is 3.34. The highest BCUT2D eigenvalue weighted by Crippen LogP contribution is 2.26. The van der Waals surface area contributed by atoms with Crippen molar-refractivity contribution >= 4 is 21.9 Å². The minimum atomic E-state index is -0.373. The Labute approximate surface area is 84.5 Å². The number of aromatic hydroxyl groups is 1. The standard InChI is InChI=1S/C9H9BrO3/c1-13-9(12)5-6-7(10)3-2-4-8(6)11/h2-4,11H,5H2,1H3. The lowest BCUT2D eigenvalue weighted by atomic mass is 10.1. The molecular weight excluding hydrogens is 236 g/mol. The van der Waals surface area contributed by atoms with Gasteiger partial charge in [0.05, 0.1) is 13.5 Å². The van der Waals surface area contributed by atoms with E-state index >= 15 is 0 Å². The van der Waals surface area contributed by atoms with Gasteiger partial charge >= 0.3 is 5.97 Å². The number of carbonyl (C=O) groups is 1. The van der Waals surface area contributed by atoms with Gasteiger partial charge in [-0.05, 0) is 12.1 Å². The monoisotopic (exact) mass is 244 g/mol. The Morgan fingerprint density at radius 2 is 2.31 bits per heavy atom. The number of hydrogen-bond acceptors (Lipinski definition) is 3. The molecule has 3 nitrogen and oxygen atoms in total. The first-order valence-corrected chi connectivity index (χ1v) is 4.47. The fraction of sp³-hybridized carbons (Fsp3) is 0.222. The fourth-order valence-corrected chi connectivity index (χ4v) is 1.43. The lowest BCUT2D eigenvalue weighted by Gasteiger charge is -2.04. The van der Waals surface area contributed by atoms with Crippen molar-refractivity contribution in [2.45, 2.75) is 6.42 Å². The second kappa shape index (κ2) is 4.28. The summed E-state index contributed by atoms with van der Waals surface area (Å²) in [4.78, 5) is 10.9. The summed E-state index contributed by atoms with van der Waals surface area (Å²) < 4.78 is 5.20. The van der Waals surface area contributed by atoms with E-state index in [9.17, 15) is 9.90 Å². The van der Waals surface area contributed by atoms with Gasteiger partial charge in [-0.3, -0.25) is 4.79 Å². The summed E-state index contributed by atoms with van der Waals surface area (Å²) in [6.45, 7) is 0. The molecule has 0 aliphatic heterocycles.